The number of aromatic nitrogens is 2. The molecule has 132 valence electrons. The lowest BCUT2D eigenvalue weighted by Crippen LogP contribution is -2.31. The van der Waals surface area contributed by atoms with Crippen LogP contribution in [0.15, 0.2) is 54.7 Å². The predicted octanol–water partition coefficient (Wildman–Crippen LogP) is 3.85. The van der Waals surface area contributed by atoms with Crippen molar-refractivity contribution in [3.8, 4) is 17.1 Å². The first-order valence-corrected chi connectivity index (χ1v) is 8.68. The van der Waals surface area contributed by atoms with Crippen LogP contribution in [0.2, 0.25) is 0 Å². The first kappa shape index (κ1) is 16.7. The van der Waals surface area contributed by atoms with Crippen molar-refractivity contribution in [3.05, 3.63) is 77.4 Å². The minimum absolute atomic E-state index is 0.231. The third-order valence-corrected chi connectivity index (χ3v) is 4.72. The molecule has 0 aliphatic carbocycles. The topological polar surface area (TPSA) is 38.2 Å². The molecule has 0 atom stereocenters. The zero-order valence-electron chi connectivity index (χ0n) is 14.7. The summed E-state index contributed by atoms with van der Waals surface area (Å²) in [5.41, 5.74) is 3.80. The Morgan fingerprint density at radius 1 is 1.12 bits per heavy atom. The third kappa shape index (κ3) is 3.30. The fraction of sp³-hybridized carbons (Fsp3) is 0.238. The summed E-state index contributed by atoms with van der Waals surface area (Å²) in [6, 6.07) is 14.9. The quantitative estimate of drug-likeness (QED) is 0.717. The van der Waals surface area contributed by atoms with Crippen molar-refractivity contribution in [3.63, 3.8) is 0 Å². The molecule has 0 fully saturated rings. The number of hydrogen-bond acceptors (Lipinski definition) is 4. The van der Waals surface area contributed by atoms with Crippen LogP contribution in [0.4, 0.5) is 4.39 Å². The van der Waals surface area contributed by atoms with Crippen LogP contribution >= 0.6 is 0 Å². The molecule has 2 heterocycles. The van der Waals surface area contributed by atoms with Gasteiger partial charge in [-0.3, -0.25) is 4.90 Å². The molecule has 0 amide bonds. The van der Waals surface area contributed by atoms with E-state index in [-0.39, 0.29) is 5.82 Å². The number of fused-ring (bicyclic) bond motifs is 1. The van der Waals surface area contributed by atoms with E-state index in [2.05, 4.69) is 9.88 Å². The molecule has 0 spiro atoms. The molecule has 1 aliphatic heterocycles. The van der Waals surface area contributed by atoms with Crippen molar-refractivity contribution in [2.75, 3.05) is 13.7 Å². The number of halogens is 1. The number of methoxy groups -OCH3 is 1. The van der Waals surface area contributed by atoms with Crippen molar-refractivity contribution in [1.29, 1.82) is 0 Å². The zero-order valence-corrected chi connectivity index (χ0v) is 14.7. The van der Waals surface area contributed by atoms with Gasteiger partial charge < -0.3 is 4.74 Å². The molecule has 0 saturated carbocycles. The van der Waals surface area contributed by atoms with E-state index in [0.29, 0.717) is 24.4 Å². The molecular formula is C21H20FN3O. The van der Waals surface area contributed by atoms with Crippen molar-refractivity contribution < 1.29 is 9.13 Å². The van der Waals surface area contributed by atoms with Crippen LogP contribution in [-0.2, 0) is 19.5 Å². The second-order valence-corrected chi connectivity index (χ2v) is 6.41. The van der Waals surface area contributed by atoms with Gasteiger partial charge in [-0.1, -0.05) is 36.4 Å². The standard InChI is InChI=1S/C21H20FN3O/c1-26-20-9-5-8-18(22)17(20)14-25-11-10-19-16(13-25)12-23-21(24-19)15-6-3-2-4-7-15/h2-9,12H,10-11,13-14H2,1H3. The van der Waals surface area contributed by atoms with E-state index in [0.717, 1.165) is 35.6 Å². The lowest BCUT2D eigenvalue weighted by molar-refractivity contribution is 0.235. The van der Waals surface area contributed by atoms with Gasteiger partial charge in [-0.2, -0.15) is 0 Å². The highest BCUT2D eigenvalue weighted by Gasteiger charge is 2.21. The smallest absolute Gasteiger partial charge is 0.159 e. The Balaban J connectivity index is 1.54. The van der Waals surface area contributed by atoms with Crippen molar-refractivity contribution >= 4 is 0 Å². The van der Waals surface area contributed by atoms with Gasteiger partial charge >= 0.3 is 0 Å². The molecule has 1 aliphatic rings. The Morgan fingerprint density at radius 2 is 1.96 bits per heavy atom. The lowest BCUT2D eigenvalue weighted by Gasteiger charge is -2.28. The molecule has 2 aromatic carbocycles. The van der Waals surface area contributed by atoms with Crippen LogP contribution in [0.5, 0.6) is 5.75 Å². The van der Waals surface area contributed by atoms with Crippen molar-refractivity contribution in [2.24, 2.45) is 0 Å². The van der Waals surface area contributed by atoms with Gasteiger partial charge in [-0.15, -0.1) is 0 Å². The maximum Gasteiger partial charge on any atom is 0.159 e. The molecule has 0 N–H and O–H groups in total. The van der Waals surface area contributed by atoms with Crippen LogP contribution in [-0.4, -0.2) is 28.5 Å². The summed E-state index contributed by atoms with van der Waals surface area (Å²) in [6.07, 6.45) is 2.73. The molecular weight excluding hydrogens is 329 g/mol. The Kier molecular flexibility index (Phi) is 4.63. The summed E-state index contributed by atoms with van der Waals surface area (Å²) < 4.78 is 19.5. The van der Waals surface area contributed by atoms with Gasteiger partial charge in [0.2, 0.25) is 0 Å². The van der Waals surface area contributed by atoms with E-state index in [9.17, 15) is 4.39 Å². The van der Waals surface area contributed by atoms with Crippen molar-refractivity contribution in [1.82, 2.24) is 14.9 Å². The molecule has 4 nitrogen and oxygen atoms in total. The van der Waals surface area contributed by atoms with Gasteiger partial charge in [0.05, 0.1) is 12.8 Å². The first-order valence-electron chi connectivity index (χ1n) is 8.68. The first-order chi connectivity index (χ1) is 12.7. The van der Waals surface area contributed by atoms with E-state index in [1.807, 2.05) is 36.5 Å². The maximum atomic E-state index is 14.2. The molecule has 0 radical (unpaired) electrons. The zero-order chi connectivity index (χ0) is 17.9. The number of ether oxygens (including phenoxy) is 1. The van der Waals surface area contributed by atoms with Gasteiger partial charge in [-0.05, 0) is 12.1 Å². The number of nitrogens with zero attached hydrogens (tertiary/aromatic N) is 3. The molecule has 4 rings (SSSR count). The molecule has 0 bridgehead atoms. The molecule has 5 heteroatoms. The number of benzene rings is 2. The minimum atomic E-state index is -0.231. The lowest BCUT2D eigenvalue weighted by atomic mass is 10.1. The average Bonchev–Trinajstić information content (AvgIpc) is 2.69. The highest BCUT2D eigenvalue weighted by molar-refractivity contribution is 5.54. The van der Waals surface area contributed by atoms with Gasteiger partial charge in [0.1, 0.15) is 11.6 Å². The molecule has 26 heavy (non-hydrogen) atoms. The molecule has 3 aromatic rings. The van der Waals surface area contributed by atoms with E-state index < -0.39 is 0 Å². The normalized spacial score (nSPS) is 14.1. The summed E-state index contributed by atoms with van der Waals surface area (Å²) >= 11 is 0. The summed E-state index contributed by atoms with van der Waals surface area (Å²) in [4.78, 5) is 11.5. The van der Waals surface area contributed by atoms with Crippen LogP contribution < -0.4 is 4.74 Å². The van der Waals surface area contributed by atoms with Gasteiger partial charge in [0, 0.05) is 48.9 Å². The predicted molar refractivity (Wildman–Crippen MR) is 98.2 cm³/mol. The molecule has 0 saturated heterocycles. The number of hydrogen-bond donors (Lipinski definition) is 0. The van der Waals surface area contributed by atoms with Gasteiger partial charge in [-0.25, -0.2) is 14.4 Å². The van der Waals surface area contributed by atoms with Crippen LogP contribution in [0, 0.1) is 5.82 Å². The maximum absolute atomic E-state index is 14.2. The highest BCUT2D eigenvalue weighted by atomic mass is 19.1. The summed E-state index contributed by atoms with van der Waals surface area (Å²) in [5.74, 6) is 1.12. The number of rotatable bonds is 4. The Hall–Kier alpha value is -2.79. The fourth-order valence-electron chi connectivity index (χ4n) is 3.34. The fourth-order valence-corrected chi connectivity index (χ4v) is 3.34. The van der Waals surface area contributed by atoms with Crippen LogP contribution in [0.1, 0.15) is 16.8 Å². The SMILES string of the molecule is COc1cccc(F)c1CN1CCc2nc(-c3ccccc3)ncc2C1. The summed E-state index contributed by atoms with van der Waals surface area (Å²) in [7, 11) is 1.57. The van der Waals surface area contributed by atoms with E-state index in [4.69, 9.17) is 9.72 Å². The van der Waals surface area contributed by atoms with E-state index in [1.165, 1.54) is 6.07 Å². The second-order valence-electron chi connectivity index (χ2n) is 6.41. The summed E-state index contributed by atoms with van der Waals surface area (Å²) in [6.45, 7) is 2.05. The van der Waals surface area contributed by atoms with Crippen molar-refractivity contribution in [2.45, 2.75) is 19.5 Å². The summed E-state index contributed by atoms with van der Waals surface area (Å²) in [5, 5.41) is 0. The monoisotopic (exact) mass is 349 g/mol. The van der Waals surface area contributed by atoms with Crippen LogP contribution in [0.3, 0.4) is 0 Å². The van der Waals surface area contributed by atoms with E-state index in [1.54, 1.807) is 19.2 Å². The van der Waals surface area contributed by atoms with Gasteiger partial charge in [0.15, 0.2) is 5.82 Å². The van der Waals surface area contributed by atoms with Gasteiger partial charge in [0.25, 0.3) is 0 Å². The third-order valence-electron chi connectivity index (χ3n) is 4.72. The Morgan fingerprint density at radius 3 is 2.77 bits per heavy atom. The minimum Gasteiger partial charge on any atom is -0.496 e. The highest BCUT2D eigenvalue weighted by Crippen LogP contribution is 2.26. The molecule has 1 aromatic heterocycles. The van der Waals surface area contributed by atoms with E-state index >= 15 is 0 Å². The largest absolute Gasteiger partial charge is 0.496 e. The Labute approximate surface area is 152 Å². The van der Waals surface area contributed by atoms with Crippen LogP contribution in [0.25, 0.3) is 11.4 Å². The molecule has 0 unspecified atom stereocenters. The Bertz CT molecular complexity index is 914. The average molecular weight is 349 g/mol. The second kappa shape index (κ2) is 7.22.